The van der Waals surface area contributed by atoms with Crippen LogP contribution in [0.3, 0.4) is 0 Å². The van der Waals surface area contributed by atoms with Crippen LogP contribution < -0.4 is 5.73 Å². The SMILES string of the molecule is Nc1c(-c2ccccc2)nnc2cccc(-n3cccn3)c12. The van der Waals surface area contributed by atoms with E-state index >= 15 is 0 Å². The van der Waals surface area contributed by atoms with E-state index in [1.54, 1.807) is 10.9 Å². The minimum atomic E-state index is 0.613. The van der Waals surface area contributed by atoms with E-state index in [1.807, 2.05) is 60.8 Å². The first-order valence-corrected chi connectivity index (χ1v) is 6.95. The summed E-state index contributed by atoms with van der Waals surface area (Å²) in [6, 6.07) is 17.5. The Balaban J connectivity index is 2.04. The van der Waals surface area contributed by atoms with Gasteiger partial charge in [0.15, 0.2) is 0 Å². The Kier molecular flexibility index (Phi) is 2.83. The van der Waals surface area contributed by atoms with Gasteiger partial charge in [0, 0.05) is 18.0 Å². The normalized spacial score (nSPS) is 10.9. The highest BCUT2D eigenvalue weighted by Gasteiger charge is 2.13. The van der Waals surface area contributed by atoms with Crippen molar-refractivity contribution in [3.63, 3.8) is 0 Å². The zero-order chi connectivity index (χ0) is 14.9. The third kappa shape index (κ3) is 1.91. The molecule has 4 rings (SSSR count). The van der Waals surface area contributed by atoms with Crippen LogP contribution in [0.5, 0.6) is 0 Å². The minimum Gasteiger partial charge on any atom is -0.396 e. The van der Waals surface area contributed by atoms with Gasteiger partial charge in [-0.15, -0.1) is 10.2 Å². The van der Waals surface area contributed by atoms with Gasteiger partial charge in [0.05, 0.1) is 22.3 Å². The van der Waals surface area contributed by atoms with E-state index in [0.717, 1.165) is 22.2 Å². The van der Waals surface area contributed by atoms with Crippen LogP contribution in [0.15, 0.2) is 67.0 Å². The zero-order valence-electron chi connectivity index (χ0n) is 11.7. The summed E-state index contributed by atoms with van der Waals surface area (Å²) >= 11 is 0. The van der Waals surface area contributed by atoms with Crippen LogP contribution in [0, 0.1) is 0 Å². The molecule has 2 heterocycles. The maximum Gasteiger partial charge on any atom is 0.117 e. The molecule has 0 saturated carbocycles. The highest BCUT2D eigenvalue weighted by Crippen LogP contribution is 2.32. The molecule has 0 aliphatic carbocycles. The number of anilines is 1. The molecule has 0 amide bonds. The predicted octanol–water partition coefficient (Wildman–Crippen LogP) is 3.06. The molecule has 0 unspecified atom stereocenters. The fraction of sp³-hybridized carbons (Fsp3) is 0. The van der Waals surface area contributed by atoms with Crippen molar-refractivity contribution in [2.75, 3.05) is 5.73 Å². The molecule has 0 aliphatic rings. The van der Waals surface area contributed by atoms with E-state index in [-0.39, 0.29) is 0 Å². The number of aromatic nitrogens is 4. The average molecular weight is 287 g/mol. The number of hydrogen-bond donors (Lipinski definition) is 1. The Hall–Kier alpha value is -3.21. The molecule has 0 aliphatic heterocycles. The van der Waals surface area contributed by atoms with E-state index in [2.05, 4.69) is 15.3 Å². The van der Waals surface area contributed by atoms with Gasteiger partial charge in [0.1, 0.15) is 5.69 Å². The fourth-order valence-corrected chi connectivity index (χ4v) is 2.58. The Labute approximate surface area is 127 Å². The second-order valence-electron chi connectivity index (χ2n) is 4.95. The van der Waals surface area contributed by atoms with E-state index in [9.17, 15) is 0 Å². The van der Waals surface area contributed by atoms with Gasteiger partial charge in [-0.05, 0) is 18.2 Å². The maximum atomic E-state index is 6.41. The van der Waals surface area contributed by atoms with Gasteiger partial charge in [-0.3, -0.25) is 0 Å². The van der Waals surface area contributed by atoms with Crippen LogP contribution in [-0.4, -0.2) is 20.0 Å². The van der Waals surface area contributed by atoms with Crippen molar-refractivity contribution in [3.05, 3.63) is 67.0 Å². The second kappa shape index (κ2) is 4.96. The first-order chi connectivity index (χ1) is 10.8. The summed E-state index contributed by atoms with van der Waals surface area (Å²) in [4.78, 5) is 0. The highest BCUT2D eigenvalue weighted by atomic mass is 15.3. The summed E-state index contributed by atoms with van der Waals surface area (Å²) in [5.74, 6) is 0. The number of nitrogens with zero attached hydrogens (tertiary/aromatic N) is 4. The summed E-state index contributed by atoms with van der Waals surface area (Å²) < 4.78 is 1.79. The number of nitrogens with two attached hydrogens (primary N) is 1. The molecule has 2 aromatic heterocycles. The van der Waals surface area contributed by atoms with Crippen LogP contribution in [0.25, 0.3) is 27.8 Å². The molecular formula is C17H13N5. The van der Waals surface area contributed by atoms with Crippen molar-refractivity contribution < 1.29 is 0 Å². The molecule has 2 aromatic carbocycles. The van der Waals surface area contributed by atoms with Gasteiger partial charge in [0.25, 0.3) is 0 Å². The van der Waals surface area contributed by atoms with Crippen molar-refractivity contribution in [1.29, 1.82) is 0 Å². The van der Waals surface area contributed by atoms with Gasteiger partial charge in [-0.25, -0.2) is 4.68 Å². The van der Waals surface area contributed by atoms with Gasteiger partial charge in [0.2, 0.25) is 0 Å². The van der Waals surface area contributed by atoms with Gasteiger partial charge in [-0.1, -0.05) is 36.4 Å². The Bertz CT molecular complexity index is 930. The summed E-state index contributed by atoms with van der Waals surface area (Å²) in [5, 5.41) is 13.8. The van der Waals surface area contributed by atoms with Crippen molar-refractivity contribution in [2.45, 2.75) is 0 Å². The number of rotatable bonds is 2. The lowest BCUT2D eigenvalue weighted by Gasteiger charge is -2.11. The maximum absolute atomic E-state index is 6.41. The van der Waals surface area contributed by atoms with Crippen LogP contribution in [0.2, 0.25) is 0 Å². The van der Waals surface area contributed by atoms with Crippen molar-refractivity contribution in [3.8, 4) is 16.9 Å². The Morgan fingerprint density at radius 2 is 1.73 bits per heavy atom. The van der Waals surface area contributed by atoms with Crippen molar-refractivity contribution >= 4 is 16.6 Å². The molecule has 5 nitrogen and oxygen atoms in total. The van der Waals surface area contributed by atoms with Gasteiger partial charge < -0.3 is 5.73 Å². The number of benzene rings is 2. The smallest absolute Gasteiger partial charge is 0.117 e. The molecule has 5 heteroatoms. The summed E-state index contributed by atoms with van der Waals surface area (Å²) in [5.41, 5.74) is 10.3. The van der Waals surface area contributed by atoms with Crippen molar-refractivity contribution in [1.82, 2.24) is 20.0 Å². The van der Waals surface area contributed by atoms with Crippen LogP contribution in [-0.2, 0) is 0 Å². The molecule has 2 N–H and O–H groups in total. The lowest BCUT2D eigenvalue weighted by atomic mass is 10.1. The Morgan fingerprint density at radius 1 is 0.864 bits per heavy atom. The quantitative estimate of drug-likeness (QED) is 0.615. The molecule has 0 fully saturated rings. The van der Waals surface area contributed by atoms with Gasteiger partial charge >= 0.3 is 0 Å². The zero-order valence-corrected chi connectivity index (χ0v) is 11.7. The van der Waals surface area contributed by atoms with Crippen LogP contribution in [0.1, 0.15) is 0 Å². The van der Waals surface area contributed by atoms with E-state index in [4.69, 9.17) is 5.73 Å². The molecule has 0 spiro atoms. The minimum absolute atomic E-state index is 0.613. The van der Waals surface area contributed by atoms with Crippen LogP contribution in [0.4, 0.5) is 5.69 Å². The van der Waals surface area contributed by atoms with Gasteiger partial charge in [-0.2, -0.15) is 5.10 Å². The Morgan fingerprint density at radius 3 is 2.50 bits per heavy atom. The first-order valence-electron chi connectivity index (χ1n) is 6.95. The molecule has 0 saturated heterocycles. The monoisotopic (exact) mass is 287 g/mol. The first kappa shape index (κ1) is 12.5. The number of nitrogen functional groups attached to an aromatic ring is 1. The molecule has 106 valence electrons. The summed E-state index contributed by atoms with van der Waals surface area (Å²) in [6.07, 6.45) is 3.62. The summed E-state index contributed by atoms with van der Waals surface area (Å²) in [6.45, 7) is 0. The molecule has 0 atom stereocenters. The third-order valence-corrected chi connectivity index (χ3v) is 3.60. The standard InChI is InChI=1S/C17H13N5/c18-16-15-13(8-4-9-14(15)22-11-5-10-19-22)20-21-17(16)12-6-2-1-3-7-12/h1-11H,(H2,18,20). The van der Waals surface area contributed by atoms with E-state index < -0.39 is 0 Å². The largest absolute Gasteiger partial charge is 0.396 e. The number of hydrogen-bond acceptors (Lipinski definition) is 4. The predicted molar refractivity (Wildman–Crippen MR) is 86.5 cm³/mol. The molecule has 0 bridgehead atoms. The molecule has 0 radical (unpaired) electrons. The highest BCUT2D eigenvalue weighted by molar-refractivity contribution is 6.01. The van der Waals surface area contributed by atoms with E-state index in [0.29, 0.717) is 11.4 Å². The number of fused-ring (bicyclic) bond motifs is 1. The molecular weight excluding hydrogens is 274 g/mol. The lowest BCUT2D eigenvalue weighted by Crippen LogP contribution is -2.03. The topological polar surface area (TPSA) is 69.6 Å². The average Bonchev–Trinajstić information content (AvgIpc) is 3.10. The lowest BCUT2D eigenvalue weighted by molar-refractivity contribution is 0.887. The van der Waals surface area contributed by atoms with Crippen molar-refractivity contribution in [2.24, 2.45) is 0 Å². The van der Waals surface area contributed by atoms with Crippen LogP contribution >= 0.6 is 0 Å². The summed E-state index contributed by atoms with van der Waals surface area (Å²) in [7, 11) is 0. The molecule has 22 heavy (non-hydrogen) atoms. The third-order valence-electron chi connectivity index (χ3n) is 3.60. The molecule has 4 aromatic rings. The van der Waals surface area contributed by atoms with E-state index in [1.165, 1.54) is 0 Å². The second-order valence-corrected chi connectivity index (χ2v) is 4.95. The fourth-order valence-electron chi connectivity index (χ4n) is 2.58.